The van der Waals surface area contributed by atoms with Crippen molar-refractivity contribution in [3.63, 3.8) is 0 Å². The minimum absolute atomic E-state index is 0.0347. The van der Waals surface area contributed by atoms with Gasteiger partial charge in [-0.1, -0.05) is 42.5 Å². The lowest BCUT2D eigenvalue weighted by atomic mass is 9.94. The summed E-state index contributed by atoms with van der Waals surface area (Å²) in [6.45, 7) is 3.27. The van der Waals surface area contributed by atoms with Crippen molar-refractivity contribution in [1.29, 1.82) is 0 Å². The van der Waals surface area contributed by atoms with Crippen LogP contribution in [0.5, 0.6) is 5.75 Å². The van der Waals surface area contributed by atoms with Crippen LogP contribution < -0.4 is 10.4 Å². The Kier molecular flexibility index (Phi) is 3.78. The number of rotatable bonds is 3. The van der Waals surface area contributed by atoms with Crippen LogP contribution in [0, 0.1) is 0 Å². The highest BCUT2D eigenvalue weighted by atomic mass is 16.5. The van der Waals surface area contributed by atoms with E-state index in [0.717, 1.165) is 49.3 Å². The van der Waals surface area contributed by atoms with E-state index in [4.69, 9.17) is 4.74 Å². The lowest BCUT2D eigenvalue weighted by molar-refractivity contribution is 0.175. The first-order valence-corrected chi connectivity index (χ1v) is 10.3. The van der Waals surface area contributed by atoms with Crippen molar-refractivity contribution < 1.29 is 4.74 Å². The van der Waals surface area contributed by atoms with E-state index in [1.165, 1.54) is 22.3 Å². The van der Waals surface area contributed by atoms with Crippen LogP contribution in [0.3, 0.4) is 0 Å². The summed E-state index contributed by atoms with van der Waals surface area (Å²) in [4.78, 5) is 18.0. The third-order valence-electron chi connectivity index (χ3n) is 6.44. The molecule has 3 aliphatic rings. The summed E-state index contributed by atoms with van der Waals surface area (Å²) >= 11 is 0. The van der Waals surface area contributed by atoms with E-state index in [1.54, 1.807) is 0 Å². The minimum Gasteiger partial charge on any atom is -0.489 e. The lowest BCUT2D eigenvalue weighted by Gasteiger charge is -2.32. The number of aromatic nitrogens is 2. The Morgan fingerprint density at radius 3 is 2.93 bits per heavy atom. The summed E-state index contributed by atoms with van der Waals surface area (Å²) < 4.78 is 7.87. The first-order valence-electron chi connectivity index (χ1n) is 10.3. The molecule has 0 amide bonds. The molecule has 1 atom stereocenters. The fraction of sp³-hybridized carbons (Fsp3) is 0.292. The summed E-state index contributed by atoms with van der Waals surface area (Å²) in [6, 6.07) is 14.5. The van der Waals surface area contributed by atoms with Crippen molar-refractivity contribution in [2.24, 2.45) is 0 Å². The molecule has 1 N–H and O–H groups in total. The molecule has 2 aromatic carbocycles. The van der Waals surface area contributed by atoms with Gasteiger partial charge in [-0.15, -0.1) is 0 Å². The Balaban J connectivity index is 1.22. The Hall–Kier alpha value is -3.05. The van der Waals surface area contributed by atoms with Gasteiger partial charge in [-0.05, 0) is 47.2 Å². The van der Waals surface area contributed by atoms with Gasteiger partial charge in [0.2, 0.25) is 0 Å². The molecule has 0 spiro atoms. The average molecular weight is 385 g/mol. The van der Waals surface area contributed by atoms with Crippen molar-refractivity contribution in [1.82, 2.24) is 14.5 Å². The smallest absolute Gasteiger partial charge is 0.326 e. The van der Waals surface area contributed by atoms with Gasteiger partial charge in [-0.3, -0.25) is 9.47 Å². The molecule has 5 nitrogen and oxygen atoms in total. The number of ether oxygens (including phenoxy) is 1. The van der Waals surface area contributed by atoms with E-state index in [0.29, 0.717) is 6.61 Å². The van der Waals surface area contributed by atoms with Crippen molar-refractivity contribution in [3.05, 3.63) is 81.8 Å². The van der Waals surface area contributed by atoms with Crippen LogP contribution >= 0.6 is 0 Å². The number of nitrogens with zero attached hydrogens (tertiary/aromatic N) is 2. The molecule has 0 radical (unpaired) electrons. The lowest BCUT2D eigenvalue weighted by Crippen LogP contribution is -2.40. The SMILES string of the molecule is O=c1[nH]c2cccc3c2n1C(CN1CC=C(C2=CCc4ccccc42)CC1)CO3. The van der Waals surface area contributed by atoms with E-state index in [1.807, 2.05) is 22.8 Å². The molecule has 0 bridgehead atoms. The molecule has 0 saturated heterocycles. The number of hydrogen-bond donors (Lipinski definition) is 1. The van der Waals surface area contributed by atoms with Gasteiger partial charge in [0, 0.05) is 19.6 Å². The summed E-state index contributed by atoms with van der Waals surface area (Å²) in [5, 5.41) is 0. The predicted octanol–water partition coefficient (Wildman–Crippen LogP) is 3.53. The van der Waals surface area contributed by atoms with Crippen LogP contribution in [-0.2, 0) is 6.42 Å². The Morgan fingerprint density at radius 1 is 1.10 bits per heavy atom. The van der Waals surface area contributed by atoms with Crippen molar-refractivity contribution in [2.75, 3.05) is 26.2 Å². The molecule has 3 heterocycles. The van der Waals surface area contributed by atoms with Crippen LogP contribution in [-0.4, -0.2) is 40.7 Å². The van der Waals surface area contributed by atoms with E-state index in [2.05, 4.69) is 46.3 Å². The maximum Gasteiger partial charge on any atom is 0.326 e. The molecule has 146 valence electrons. The first kappa shape index (κ1) is 16.9. The van der Waals surface area contributed by atoms with Crippen LogP contribution in [0.25, 0.3) is 16.6 Å². The number of aromatic amines is 1. The highest BCUT2D eigenvalue weighted by Crippen LogP contribution is 2.36. The van der Waals surface area contributed by atoms with Crippen molar-refractivity contribution in [3.8, 4) is 5.75 Å². The largest absolute Gasteiger partial charge is 0.489 e. The van der Waals surface area contributed by atoms with Gasteiger partial charge in [0.1, 0.15) is 17.9 Å². The monoisotopic (exact) mass is 385 g/mol. The summed E-state index contributed by atoms with van der Waals surface area (Å²) in [6.07, 6.45) is 6.82. The van der Waals surface area contributed by atoms with Gasteiger partial charge in [0.05, 0.1) is 11.6 Å². The molecule has 1 aliphatic carbocycles. The van der Waals surface area contributed by atoms with E-state index in [9.17, 15) is 4.79 Å². The van der Waals surface area contributed by atoms with Gasteiger partial charge in [0.15, 0.2) is 0 Å². The third-order valence-corrected chi connectivity index (χ3v) is 6.44. The normalized spacial score (nSPS) is 20.9. The average Bonchev–Trinajstić information content (AvgIpc) is 3.33. The molecule has 1 unspecified atom stereocenters. The van der Waals surface area contributed by atoms with Crippen LogP contribution in [0.1, 0.15) is 23.6 Å². The van der Waals surface area contributed by atoms with Gasteiger partial charge >= 0.3 is 5.69 Å². The topological polar surface area (TPSA) is 50.3 Å². The third kappa shape index (κ3) is 2.69. The number of benzene rings is 2. The van der Waals surface area contributed by atoms with E-state index in [-0.39, 0.29) is 11.7 Å². The number of para-hydroxylation sites is 1. The second kappa shape index (κ2) is 6.49. The number of imidazole rings is 1. The quantitative estimate of drug-likeness (QED) is 0.750. The molecule has 2 aliphatic heterocycles. The Morgan fingerprint density at radius 2 is 2.03 bits per heavy atom. The fourth-order valence-electron chi connectivity index (χ4n) is 5.02. The van der Waals surface area contributed by atoms with Crippen LogP contribution in [0.4, 0.5) is 0 Å². The second-order valence-corrected chi connectivity index (χ2v) is 8.14. The van der Waals surface area contributed by atoms with Crippen molar-refractivity contribution >= 4 is 16.6 Å². The van der Waals surface area contributed by atoms with Crippen LogP contribution in [0.2, 0.25) is 0 Å². The molecular formula is C24H23N3O2. The molecule has 0 fully saturated rings. The zero-order valence-electron chi connectivity index (χ0n) is 16.2. The van der Waals surface area contributed by atoms with E-state index >= 15 is 0 Å². The maximum atomic E-state index is 12.6. The van der Waals surface area contributed by atoms with Gasteiger partial charge in [0.25, 0.3) is 0 Å². The molecule has 29 heavy (non-hydrogen) atoms. The molecule has 6 rings (SSSR count). The zero-order chi connectivity index (χ0) is 19.4. The van der Waals surface area contributed by atoms with E-state index < -0.39 is 0 Å². The number of hydrogen-bond acceptors (Lipinski definition) is 3. The van der Waals surface area contributed by atoms with Crippen LogP contribution in [0.15, 0.2) is 65.0 Å². The second-order valence-electron chi connectivity index (χ2n) is 8.14. The van der Waals surface area contributed by atoms with Gasteiger partial charge in [-0.25, -0.2) is 4.79 Å². The number of allylic oxidation sites excluding steroid dienone is 2. The van der Waals surface area contributed by atoms with Crippen molar-refractivity contribution in [2.45, 2.75) is 18.9 Å². The fourth-order valence-corrected chi connectivity index (χ4v) is 5.02. The zero-order valence-corrected chi connectivity index (χ0v) is 16.2. The van der Waals surface area contributed by atoms with Gasteiger partial charge < -0.3 is 9.72 Å². The Labute approximate surface area is 168 Å². The molecule has 3 aromatic rings. The molecular weight excluding hydrogens is 362 g/mol. The molecule has 5 heteroatoms. The number of fused-ring (bicyclic) bond motifs is 1. The predicted molar refractivity (Wildman–Crippen MR) is 114 cm³/mol. The summed E-state index contributed by atoms with van der Waals surface area (Å²) in [5.41, 5.74) is 7.41. The number of nitrogens with one attached hydrogen (secondary N) is 1. The highest BCUT2D eigenvalue weighted by molar-refractivity contribution is 5.84. The maximum absolute atomic E-state index is 12.6. The molecule has 1 aromatic heterocycles. The highest BCUT2D eigenvalue weighted by Gasteiger charge is 2.28. The summed E-state index contributed by atoms with van der Waals surface area (Å²) in [5.74, 6) is 0.796. The first-order chi connectivity index (χ1) is 14.3. The Bertz CT molecular complexity index is 1230. The van der Waals surface area contributed by atoms with Gasteiger partial charge in [-0.2, -0.15) is 0 Å². The standard InChI is InChI=1S/C24H23N3O2/c28-24-25-21-6-3-7-22-23(21)27(24)18(15-29-22)14-26-12-10-17(11-13-26)20-9-8-16-4-1-2-5-19(16)20/h1-7,9-10,18H,8,11-15H2,(H,25,28). The molecule has 0 saturated carbocycles. The summed E-state index contributed by atoms with van der Waals surface area (Å²) in [7, 11) is 0. The minimum atomic E-state index is -0.0401. The number of H-pyrrole nitrogens is 1.